The molecule has 30 heavy (non-hydrogen) atoms. The fourth-order valence-electron chi connectivity index (χ4n) is 3.49. The van der Waals surface area contributed by atoms with Crippen LogP contribution >= 0.6 is 15.9 Å². The molecule has 3 heterocycles. The first kappa shape index (κ1) is 22.8. The van der Waals surface area contributed by atoms with Crippen molar-refractivity contribution in [2.24, 2.45) is 0 Å². The molecule has 3 aromatic heterocycles. The van der Waals surface area contributed by atoms with E-state index in [1.54, 1.807) is 30.9 Å². The van der Waals surface area contributed by atoms with Crippen LogP contribution in [-0.4, -0.2) is 33.4 Å². The molecule has 0 amide bonds. The van der Waals surface area contributed by atoms with Gasteiger partial charge in [-0.25, -0.2) is 0 Å². The first-order valence-corrected chi connectivity index (χ1v) is 13.9. The Kier molecular flexibility index (Phi) is 6.10. The van der Waals surface area contributed by atoms with Crippen LogP contribution in [0.3, 0.4) is 0 Å². The fourth-order valence-corrected chi connectivity index (χ4v) is 4.59. The van der Waals surface area contributed by atoms with E-state index in [1.807, 2.05) is 25.4 Å². The summed E-state index contributed by atoms with van der Waals surface area (Å²) in [4.78, 5) is 32.3. The molecule has 0 saturated heterocycles. The molecule has 0 radical (unpaired) electrons. The van der Waals surface area contributed by atoms with Gasteiger partial charge in [0.15, 0.2) is 14.1 Å². The molecule has 0 saturated carbocycles. The number of fused-ring (bicyclic) bond motifs is 1. The number of pyridine rings is 2. The predicted octanol–water partition coefficient (Wildman–Crippen LogP) is 5.92. The van der Waals surface area contributed by atoms with E-state index in [0.29, 0.717) is 11.1 Å². The minimum Gasteiger partial charge on any atom is -0.432 e. The molecule has 0 atom stereocenters. The van der Waals surface area contributed by atoms with E-state index in [2.05, 4.69) is 58.2 Å². The Morgan fingerprint density at radius 2 is 1.83 bits per heavy atom. The molecule has 0 spiro atoms. The molecule has 0 aliphatic rings. The number of halogens is 1. The van der Waals surface area contributed by atoms with Crippen molar-refractivity contribution in [2.45, 2.75) is 64.2 Å². The van der Waals surface area contributed by atoms with E-state index in [4.69, 9.17) is 0 Å². The maximum atomic E-state index is 13.3. The van der Waals surface area contributed by atoms with Gasteiger partial charge in [0.05, 0.1) is 5.52 Å². The first-order valence-electron chi connectivity index (χ1n) is 10.2. The van der Waals surface area contributed by atoms with Crippen LogP contribution in [0.4, 0.5) is 0 Å². The van der Waals surface area contributed by atoms with Gasteiger partial charge in [0.1, 0.15) is 0 Å². The lowest BCUT2D eigenvalue weighted by atomic mass is 9.93. The molecular weight excluding hydrogens is 458 g/mol. The molecule has 0 aromatic carbocycles. The largest absolute Gasteiger partial charge is 0.432 e. The Morgan fingerprint density at radius 1 is 1.13 bits per heavy atom. The van der Waals surface area contributed by atoms with Crippen molar-refractivity contribution in [3.8, 4) is 0 Å². The molecule has 0 aliphatic carbocycles. The minimum absolute atomic E-state index is 0.0689. The van der Waals surface area contributed by atoms with Crippen LogP contribution in [0.2, 0.25) is 18.1 Å². The van der Waals surface area contributed by atoms with Gasteiger partial charge in [-0.2, -0.15) is 0 Å². The van der Waals surface area contributed by atoms with E-state index < -0.39 is 8.32 Å². The van der Waals surface area contributed by atoms with Gasteiger partial charge in [0, 0.05) is 57.5 Å². The summed E-state index contributed by atoms with van der Waals surface area (Å²) >= 11 is 3.40. The zero-order valence-corrected chi connectivity index (χ0v) is 21.1. The van der Waals surface area contributed by atoms with E-state index >= 15 is 0 Å². The van der Waals surface area contributed by atoms with Crippen LogP contribution in [0.15, 0.2) is 47.6 Å². The van der Waals surface area contributed by atoms with Crippen molar-refractivity contribution in [2.75, 3.05) is 0 Å². The van der Waals surface area contributed by atoms with Crippen LogP contribution in [0.25, 0.3) is 10.9 Å². The zero-order chi connectivity index (χ0) is 22.3. The van der Waals surface area contributed by atoms with Crippen LogP contribution in [0.5, 0.6) is 0 Å². The monoisotopic (exact) mass is 487 g/mol. The summed E-state index contributed by atoms with van der Waals surface area (Å²) in [6.07, 6.45) is 10.5. The highest BCUT2D eigenvalue weighted by atomic mass is 79.9. The first-order chi connectivity index (χ1) is 13.8. The lowest BCUT2D eigenvalue weighted by Gasteiger charge is -2.38. The van der Waals surface area contributed by atoms with Crippen LogP contribution in [0.1, 0.15) is 56.5 Å². The number of rotatable bonds is 7. The summed E-state index contributed by atoms with van der Waals surface area (Å²) in [5, 5.41) is 0.738. The Bertz CT molecular complexity index is 1080. The van der Waals surface area contributed by atoms with Crippen LogP contribution < -0.4 is 0 Å². The van der Waals surface area contributed by atoms with Crippen molar-refractivity contribution in [1.82, 2.24) is 14.5 Å². The maximum absolute atomic E-state index is 13.3. The quantitative estimate of drug-likeness (QED) is 0.331. The predicted molar refractivity (Wildman–Crippen MR) is 127 cm³/mol. The van der Waals surface area contributed by atoms with E-state index in [1.165, 1.54) is 0 Å². The van der Waals surface area contributed by atoms with Gasteiger partial charge in [-0.1, -0.05) is 13.8 Å². The second kappa shape index (κ2) is 8.02. The summed E-state index contributed by atoms with van der Waals surface area (Å²) in [7, 11) is -2.29. The number of carbonyl (C=O) groups excluding carboxylic acids is 1. The Morgan fingerprint density at radius 3 is 2.47 bits per heavy atom. The summed E-state index contributed by atoms with van der Waals surface area (Å²) in [5.41, 5.74) is 1.92. The van der Waals surface area contributed by atoms with Gasteiger partial charge in [0.2, 0.25) is 0 Å². The highest BCUT2D eigenvalue weighted by Crippen LogP contribution is 2.43. The standard InChI is InChI=1S/C23H30BrN3O2Si/c1-22(2,8-9-23(3,4)30(5,6)29)27-15-19(18-14-25-10-7-20(18)27)21(28)16-11-17(24)13-26-12-16/h7,10-15,29H,8-9H2,1-6H3. The number of nitrogens with zero attached hydrogens (tertiary/aromatic N) is 3. The van der Waals surface area contributed by atoms with Crippen molar-refractivity contribution in [1.29, 1.82) is 0 Å². The fraction of sp³-hybridized carbons (Fsp3) is 0.435. The summed E-state index contributed by atoms with van der Waals surface area (Å²) in [5.74, 6) is -0.0689. The molecule has 1 N–H and O–H groups in total. The molecule has 3 aromatic rings. The SMILES string of the molecule is CC(C)(CCC(C)(C)[Si](C)(C)O)n1cc(C(=O)c2cncc(Br)c2)c2cnccc21. The molecule has 0 fully saturated rings. The van der Waals surface area contributed by atoms with Gasteiger partial charge in [0.25, 0.3) is 0 Å². The van der Waals surface area contributed by atoms with Crippen molar-refractivity contribution in [3.05, 3.63) is 58.7 Å². The molecule has 0 unspecified atom stereocenters. The number of aromatic nitrogens is 3. The third-order valence-corrected chi connectivity index (χ3v) is 10.5. The Hall–Kier alpha value is -1.83. The molecule has 3 rings (SSSR count). The molecule has 160 valence electrons. The lowest BCUT2D eigenvalue weighted by Crippen LogP contribution is -2.40. The van der Waals surface area contributed by atoms with E-state index in [9.17, 15) is 9.59 Å². The highest BCUT2D eigenvalue weighted by Gasteiger charge is 2.39. The third kappa shape index (κ3) is 4.43. The Balaban J connectivity index is 2.02. The second-order valence-electron chi connectivity index (χ2n) is 9.78. The topological polar surface area (TPSA) is 68.0 Å². The van der Waals surface area contributed by atoms with Crippen LogP contribution in [-0.2, 0) is 5.54 Å². The number of ketones is 1. The van der Waals surface area contributed by atoms with Crippen molar-refractivity contribution >= 4 is 40.9 Å². The lowest BCUT2D eigenvalue weighted by molar-refractivity contribution is 0.103. The van der Waals surface area contributed by atoms with Gasteiger partial charge >= 0.3 is 0 Å². The molecular formula is C23H30BrN3O2Si. The molecule has 5 nitrogen and oxygen atoms in total. The molecule has 0 aliphatic heterocycles. The zero-order valence-electron chi connectivity index (χ0n) is 18.5. The van der Waals surface area contributed by atoms with Gasteiger partial charge < -0.3 is 9.36 Å². The van der Waals surface area contributed by atoms with E-state index in [-0.39, 0.29) is 16.4 Å². The third-order valence-electron chi connectivity index (χ3n) is 6.49. The number of carbonyl (C=O) groups is 1. The minimum atomic E-state index is -2.29. The van der Waals surface area contributed by atoms with Crippen molar-refractivity contribution in [3.63, 3.8) is 0 Å². The van der Waals surface area contributed by atoms with E-state index in [0.717, 1.165) is 28.2 Å². The molecule has 0 bridgehead atoms. The number of hydrogen-bond acceptors (Lipinski definition) is 4. The second-order valence-corrected chi connectivity index (χ2v) is 15.2. The normalized spacial score (nSPS) is 13.1. The van der Waals surface area contributed by atoms with Gasteiger partial charge in [-0.15, -0.1) is 0 Å². The van der Waals surface area contributed by atoms with Gasteiger partial charge in [-0.3, -0.25) is 14.8 Å². The summed E-state index contributed by atoms with van der Waals surface area (Å²) < 4.78 is 2.96. The molecule has 7 heteroatoms. The average molecular weight is 489 g/mol. The summed E-state index contributed by atoms with van der Waals surface area (Å²) in [6.45, 7) is 12.7. The summed E-state index contributed by atoms with van der Waals surface area (Å²) in [6, 6.07) is 3.75. The van der Waals surface area contributed by atoms with Crippen molar-refractivity contribution < 1.29 is 9.59 Å². The average Bonchev–Trinajstić information content (AvgIpc) is 3.06. The number of hydrogen-bond donors (Lipinski definition) is 1. The van der Waals surface area contributed by atoms with Gasteiger partial charge in [-0.05, 0) is 72.9 Å². The Labute approximate surface area is 187 Å². The maximum Gasteiger partial charge on any atom is 0.196 e. The van der Waals surface area contributed by atoms with Crippen LogP contribution in [0, 0.1) is 0 Å². The smallest absolute Gasteiger partial charge is 0.196 e. The highest BCUT2D eigenvalue weighted by molar-refractivity contribution is 9.10.